The summed E-state index contributed by atoms with van der Waals surface area (Å²) in [5.74, 6) is 0. The van der Waals surface area contributed by atoms with Gasteiger partial charge >= 0.3 is 70.6 Å². The zero-order valence-corrected chi connectivity index (χ0v) is 8.03. The molecule has 0 aliphatic heterocycles. The van der Waals surface area contributed by atoms with Gasteiger partial charge in [-0.2, -0.15) is 0 Å². The third-order valence-electron chi connectivity index (χ3n) is 0. The molecule has 0 bridgehead atoms. The van der Waals surface area contributed by atoms with Crippen LogP contribution in [0.4, 0.5) is 0 Å². The van der Waals surface area contributed by atoms with E-state index in [1.54, 1.807) is 0 Å². The third kappa shape index (κ3) is 8.88. The van der Waals surface area contributed by atoms with Crippen LogP contribution in [-0.4, -0.2) is 48.9 Å². The predicted molar refractivity (Wildman–Crippen MR) is 9.35 cm³/mol. The largest absolute Gasteiger partial charge is 4.00 e. The summed E-state index contributed by atoms with van der Waals surface area (Å²) in [4.78, 5) is 0. The molecule has 0 radical (unpaired) electrons. The molecule has 0 aromatic rings. The molecule has 0 aromatic carbocycles. The smallest absolute Gasteiger partial charge is 2.00 e. The summed E-state index contributed by atoms with van der Waals surface area (Å²) in [6, 6.07) is 0. The Balaban J connectivity index is 0. The van der Waals surface area contributed by atoms with Crippen LogP contribution in [0.2, 0.25) is 0 Å². The SMILES string of the molecule is [Ba+2].[H-].[H-].[O-2].[O-2].[Ti+4]. The molecule has 0 N–H and O–H groups in total. The summed E-state index contributed by atoms with van der Waals surface area (Å²) in [6.45, 7) is 0. The molecular weight excluding hydrogens is 217 g/mol. The molecule has 4 heavy (non-hydrogen) atoms. The van der Waals surface area contributed by atoms with Crippen LogP contribution in [0.25, 0.3) is 0 Å². The quantitative estimate of drug-likeness (QED) is 0.498. The average molecular weight is 219 g/mol. The number of hydrogen-bond acceptors (Lipinski definition) is 0. The standard InChI is InChI=1S/Ba.2O.Ti.2H/q+2;2*-2;+4;2*-1. The fourth-order valence-electron chi connectivity index (χ4n) is 0. The van der Waals surface area contributed by atoms with Crippen LogP contribution in [0.1, 0.15) is 2.85 Å². The van der Waals surface area contributed by atoms with Gasteiger partial charge in [0.25, 0.3) is 0 Å². The van der Waals surface area contributed by atoms with Gasteiger partial charge in [-0.25, -0.2) is 0 Å². The van der Waals surface area contributed by atoms with Gasteiger partial charge in [0.15, 0.2) is 0 Å². The van der Waals surface area contributed by atoms with Crippen LogP contribution in [0.15, 0.2) is 0 Å². The maximum absolute atomic E-state index is 0. The minimum absolute atomic E-state index is 0. The van der Waals surface area contributed by atoms with Crippen LogP contribution in [0, 0.1) is 0 Å². The van der Waals surface area contributed by atoms with Crippen molar-refractivity contribution in [2.45, 2.75) is 0 Å². The van der Waals surface area contributed by atoms with Crippen LogP contribution in [0.3, 0.4) is 0 Å². The minimum atomic E-state index is 0. The topological polar surface area (TPSA) is 57.0 Å². The Morgan fingerprint density at radius 3 is 1.00 bits per heavy atom. The van der Waals surface area contributed by atoms with Gasteiger partial charge in [-0.15, -0.1) is 0 Å². The van der Waals surface area contributed by atoms with Gasteiger partial charge in [-0.1, -0.05) is 0 Å². The van der Waals surface area contributed by atoms with Crippen molar-refractivity contribution >= 4 is 48.9 Å². The monoisotopic (exact) mass is 220 g/mol. The maximum atomic E-state index is 0. The first-order valence-electron chi connectivity index (χ1n) is 0. The molecule has 0 unspecified atom stereocenters. The molecule has 4 heteroatoms. The van der Waals surface area contributed by atoms with E-state index in [1.807, 2.05) is 0 Å². The molecule has 0 heterocycles. The molecular formula is H2BaO2Ti. The normalized spacial score (nSPS) is 0. The molecule has 0 rings (SSSR count). The Morgan fingerprint density at radius 1 is 1.00 bits per heavy atom. The second-order valence-corrected chi connectivity index (χ2v) is 0. The molecule has 20 valence electrons. The predicted octanol–water partition coefficient (Wildman–Crippen LogP) is -0.396. The van der Waals surface area contributed by atoms with E-state index in [-0.39, 0.29) is 84.4 Å². The van der Waals surface area contributed by atoms with Crippen LogP contribution < -0.4 is 0 Å². The van der Waals surface area contributed by atoms with Gasteiger partial charge in [0, 0.05) is 0 Å². The van der Waals surface area contributed by atoms with E-state index in [9.17, 15) is 0 Å². The Bertz CT molecular complexity index is 11.5. The van der Waals surface area contributed by atoms with Crippen LogP contribution in [0.5, 0.6) is 0 Å². The summed E-state index contributed by atoms with van der Waals surface area (Å²) >= 11 is 0. The van der Waals surface area contributed by atoms with Gasteiger partial charge < -0.3 is 13.8 Å². The van der Waals surface area contributed by atoms with E-state index in [2.05, 4.69) is 0 Å². The summed E-state index contributed by atoms with van der Waals surface area (Å²) in [5, 5.41) is 0. The summed E-state index contributed by atoms with van der Waals surface area (Å²) in [5.41, 5.74) is 0. The summed E-state index contributed by atoms with van der Waals surface area (Å²) < 4.78 is 0. The summed E-state index contributed by atoms with van der Waals surface area (Å²) in [6.07, 6.45) is 0. The van der Waals surface area contributed by atoms with Crippen molar-refractivity contribution in [1.82, 2.24) is 0 Å². The first-order valence-corrected chi connectivity index (χ1v) is 0. The Labute approximate surface area is 82.9 Å². The maximum Gasteiger partial charge on any atom is 4.00 e. The Morgan fingerprint density at radius 2 is 1.00 bits per heavy atom. The van der Waals surface area contributed by atoms with E-state index >= 15 is 0 Å². The number of rotatable bonds is 0. The molecule has 0 saturated carbocycles. The van der Waals surface area contributed by atoms with Crippen molar-refractivity contribution in [1.29, 1.82) is 0 Å². The zero-order chi connectivity index (χ0) is 0. The molecule has 0 aliphatic carbocycles. The first-order chi connectivity index (χ1) is 0. The van der Waals surface area contributed by atoms with E-state index < -0.39 is 0 Å². The van der Waals surface area contributed by atoms with Gasteiger partial charge in [0.1, 0.15) is 0 Å². The fraction of sp³-hybridized carbons (Fsp3) is 0. The van der Waals surface area contributed by atoms with E-state index in [0.717, 1.165) is 0 Å². The second-order valence-electron chi connectivity index (χ2n) is 0. The average Bonchev–Trinajstić information content (AvgIpc) is 0. The molecule has 0 spiro atoms. The van der Waals surface area contributed by atoms with Gasteiger partial charge in [-0.05, 0) is 0 Å². The zero-order valence-electron chi connectivity index (χ0n) is 4.02. The van der Waals surface area contributed by atoms with Crippen molar-refractivity contribution < 1.29 is 35.5 Å². The molecule has 0 fully saturated rings. The Kier molecular flexibility index (Phi) is 164. The second kappa shape index (κ2) is 18.9. The molecule has 0 aliphatic rings. The van der Waals surface area contributed by atoms with E-state index in [4.69, 9.17) is 0 Å². The molecule has 0 aromatic heterocycles. The number of hydrogen-bond donors (Lipinski definition) is 0. The van der Waals surface area contributed by atoms with Crippen molar-refractivity contribution in [2.24, 2.45) is 0 Å². The van der Waals surface area contributed by atoms with Gasteiger partial charge in [-0.3, -0.25) is 0 Å². The molecule has 0 atom stereocenters. The van der Waals surface area contributed by atoms with Gasteiger partial charge in [0.05, 0.1) is 0 Å². The molecule has 2 nitrogen and oxygen atoms in total. The fourth-order valence-corrected chi connectivity index (χ4v) is 0. The van der Waals surface area contributed by atoms with Crippen molar-refractivity contribution in [3.63, 3.8) is 0 Å². The van der Waals surface area contributed by atoms with Crippen molar-refractivity contribution in [3.8, 4) is 0 Å². The summed E-state index contributed by atoms with van der Waals surface area (Å²) in [7, 11) is 0. The first kappa shape index (κ1) is 34.6. The van der Waals surface area contributed by atoms with E-state index in [1.165, 1.54) is 0 Å². The molecule has 0 saturated heterocycles. The van der Waals surface area contributed by atoms with E-state index in [0.29, 0.717) is 0 Å². The third-order valence-corrected chi connectivity index (χ3v) is 0. The van der Waals surface area contributed by atoms with Gasteiger partial charge in [0.2, 0.25) is 0 Å². The van der Waals surface area contributed by atoms with Crippen molar-refractivity contribution in [2.75, 3.05) is 0 Å². The Hall–Kier alpha value is 2.21. The minimum Gasteiger partial charge on any atom is -2.00 e. The van der Waals surface area contributed by atoms with Crippen molar-refractivity contribution in [3.05, 3.63) is 0 Å². The van der Waals surface area contributed by atoms with Crippen LogP contribution >= 0.6 is 0 Å². The van der Waals surface area contributed by atoms with Crippen LogP contribution in [-0.2, 0) is 32.7 Å². The molecule has 0 amide bonds.